The van der Waals surface area contributed by atoms with Crippen molar-refractivity contribution < 1.29 is 4.92 Å². The number of aryl methyl sites for hydroxylation is 1. The average Bonchev–Trinajstić information content (AvgIpc) is 2.95. The molecule has 0 bridgehead atoms. The van der Waals surface area contributed by atoms with E-state index in [1.165, 1.54) is 0 Å². The minimum Gasteiger partial charge on any atom is -0.304 e. The molecule has 5 nitrogen and oxygen atoms in total. The van der Waals surface area contributed by atoms with E-state index in [9.17, 15) is 10.1 Å². The lowest BCUT2D eigenvalue weighted by atomic mass is 10.1. The summed E-state index contributed by atoms with van der Waals surface area (Å²) in [6, 6.07) is 5.54. The summed E-state index contributed by atoms with van der Waals surface area (Å²) in [5.41, 5.74) is 1.77. The summed E-state index contributed by atoms with van der Waals surface area (Å²) >= 11 is 1.62. The van der Waals surface area contributed by atoms with Crippen LogP contribution in [0.1, 0.15) is 35.5 Å². The van der Waals surface area contributed by atoms with E-state index in [1.54, 1.807) is 36.6 Å². The van der Waals surface area contributed by atoms with Crippen LogP contribution in [0.2, 0.25) is 0 Å². The Morgan fingerprint density at radius 3 is 2.90 bits per heavy atom. The second kappa shape index (κ2) is 6.58. The molecule has 1 N–H and O–H groups in total. The highest BCUT2D eigenvalue weighted by Crippen LogP contribution is 2.22. The first-order valence-electron chi connectivity index (χ1n) is 6.48. The lowest BCUT2D eigenvalue weighted by molar-refractivity contribution is -0.385. The number of benzene rings is 1. The summed E-state index contributed by atoms with van der Waals surface area (Å²) < 4.78 is 0. The molecule has 1 aromatic heterocycles. The molecular formula is C14H17N3O2S. The number of nitrogens with zero attached hydrogens (tertiary/aromatic N) is 2. The second-order valence-electron chi connectivity index (χ2n) is 4.59. The van der Waals surface area contributed by atoms with Gasteiger partial charge in [0, 0.05) is 29.8 Å². The van der Waals surface area contributed by atoms with Gasteiger partial charge >= 0.3 is 0 Å². The second-order valence-corrected chi connectivity index (χ2v) is 5.52. The molecule has 0 amide bonds. The molecule has 0 saturated heterocycles. The molecule has 1 unspecified atom stereocenters. The monoisotopic (exact) mass is 291 g/mol. The van der Waals surface area contributed by atoms with Crippen molar-refractivity contribution in [3.8, 4) is 0 Å². The fraction of sp³-hybridized carbons (Fsp3) is 0.357. The average molecular weight is 291 g/mol. The quantitative estimate of drug-likeness (QED) is 0.652. The number of nitrogens with one attached hydrogen (secondary N) is 1. The first-order chi connectivity index (χ1) is 9.61. The van der Waals surface area contributed by atoms with E-state index in [4.69, 9.17) is 0 Å². The van der Waals surface area contributed by atoms with Crippen molar-refractivity contribution in [3.63, 3.8) is 0 Å². The Bertz CT molecular complexity index is 584. The first kappa shape index (κ1) is 14.6. The molecule has 106 valence electrons. The molecule has 1 atom stereocenters. The maximum Gasteiger partial charge on any atom is 0.272 e. The van der Waals surface area contributed by atoms with Gasteiger partial charge in [-0.1, -0.05) is 19.1 Å². The van der Waals surface area contributed by atoms with Gasteiger partial charge in [0.2, 0.25) is 0 Å². The number of nitro benzene ring substituents is 1. The molecule has 1 heterocycles. The fourth-order valence-electron chi connectivity index (χ4n) is 2.02. The molecule has 6 heteroatoms. The van der Waals surface area contributed by atoms with Gasteiger partial charge in [-0.25, -0.2) is 4.98 Å². The zero-order valence-electron chi connectivity index (χ0n) is 11.5. The molecule has 0 aliphatic carbocycles. The zero-order valence-corrected chi connectivity index (χ0v) is 12.3. The van der Waals surface area contributed by atoms with Crippen molar-refractivity contribution >= 4 is 17.0 Å². The third-order valence-corrected chi connectivity index (χ3v) is 4.07. The highest BCUT2D eigenvalue weighted by Gasteiger charge is 2.14. The Labute approximate surface area is 121 Å². The smallest absolute Gasteiger partial charge is 0.272 e. The maximum absolute atomic E-state index is 10.9. The molecule has 2 rings (SSSR count). The molecule has 20 heavy (non-hydrogen) atoms. The number of rotatable bonds is 6. The molecule has 1 aromatic carbocycles. The molecule has 0 fully saturated rings. The predicted octanol–water partition coefficient (Wildman–Crippen LogP) is 3.60. The summed E-state index contributed by atoms with van der Waals surface area (Å²) in [6.45, 7) is 4.44. The molecule has 0 aliphatic rings. The highest BCUT2D eigenvalue weighted by atomic mass is 32.1. The number of aromatic nitrogens is 1. The van der Waals surface area contributed by atoms with Crippen molar-refractivity contribution in [2.24, 2.45) is 0 Å². The van der Waals surface area contributed by atoms with Crippen LogP contribution in [0.5, 0.6) is 0 Å². The summed E-state index contributed by atoms with van der Waals surface area (Å²) in [7, 11) is 0. The molecule has 0 aliphatic heterocycles. The summed E-state index contributed by atoms with van der Waals surface area (Å²) in [6.07, 6.45) is 2.72. The van der Waals surface area contributed by atoms with E-state index in [0.717, 1.165) is 17.0 Å². The van der Waals surface area contributed by atoms with E-state index in [2.05, 4.69) is 17.2 Å². The van der Waals surface area contributed by atoms with Crippen molar-refractivity contribution in [1.82, 2.24) is 10.3 Å². The van der Waals surface area contributed by atoms with Gasteiger partial charge in [-0.15, -0.1) is 11.3 Å². The number of thiazole rings is 1. The number of hydrogen-bond donors (Lipinski definition) is 1. The largest absolute Gasteiger partial charge is 0.304 e. The van der Waals surface area contributed by atoms with Crippen LogP contribution in [0.4, 0.5) is 5.69 Å². The van der Waals surface area contributed by atoms with E-state index in [-0.39, 0.29) is 16.7 Å². The Hall–Kier alpha value is -1.79. The normalized spacial score (nSPS) is 12.3. The topological polar surface area (TPSA) is 68.1 Å². The van der Waals surface area contributed by atoms with Crippen molar-refractivity contribution in [1.29, 1.82) is 0 Å². The van der Waals surface area contributed by atoms with Crippen LogP contribution >= 0.6 is 11.3 Å². The third kappa shape index (κ3) is 3.40. The Balaban J connectivity index is 2.07. The Kier molecular flexibility index (Phi) is 4.81. The first-order valence-corrected chi connectivity index (χ1v) is 7.36. The minimum absolute atomic E-state index is 0.173. The van der Waals surface area contributed by atoms with E-state index >= 15 is 0 Å². The van der Waals surface area contributed by atoms with Gasteiger partial charge < -0.3 is 5.32 Å². The molecule has 0 saturated carbocycles. The van der Waals surface area contributed by atoms with Gasteiger partial charge in [-0.2, -0.15) is 0 Å². The van der Waals surface area contributed by atoms with Gasteiger partial charge in [0.1, 0.15) is 5.01 Å². The number of nitro groups is 1. The minimum atomic E-state index is -0.336. The Morgan fingerprint density at radius 2 is 2.30 bits per heavy atom. The third-order valence-electron chi connectivity index (χ3n) is 3.18. The van der Waals surface area contributed by atoms with Crippen LogP contribution in [-0.4, -0.2) is 9.91 Å². The van der Waals surface area contributed by atoms with Crippen molar-refractivity contribution in [3.05, 3.63) is 56.0 Å². The molecule has 2 aromatic rings. The van der Waals surface area contributed by atoms with E-state index < -0.39 is 0 Å². The van der Waals surface area contributed by atoms with Crippen LogP contribution in [0.25, 0.3) is 0 Å². The van der Waals surface area contributed by atoms with Gasteiger partial charge in [0.05, 0.1) is 11.0 Å². The summed E-state index contributed by atoms with van der Waals surface area (Å²) in [5, 5.41) is 17.3. The van der Waals surface area contributed by atoms with Crippen LogP contribution in [0.15, 0.2) is 29.8 Å². The Morgan fingerprint density at radius 1 is 1.50 bits per heavy atom. The maximum atomic E-state index is 10.9. The van der Waals surface area contributed by atoms with Gasteiger partial charge in [0.25, 0.3) is 5.69 Å². The molecular weight excluding hydrogens is 274 g/mol. The highest BCUT2D eigenvalue weighted by molar-refractivity contribution is 7.09. The summed E-state index contributed by atoms with van der Waals surface area (Å²) in [4.78, 5) is 14.9. The SMILES string of the molecule is CCC(NCc1ccc(C)c([N+](=O)[O-])c1)c1nccs1. The van der Waals surface area contributed by atoms with Crippen LogP contribution in [0.3, 0.4) is 0 Å². The fourth-order valence-corrected chi connectivity index (χ4v) is 2.81. The predicted molar refractivity (Wildman–Crippen MR) is 79.8 cm³/mol. The lowest BCUT2D eigenvalue weighted by Crippen LogP contribution is -2.20. The van der Waals surface area contributed by atoms with Crippen molar-refractivity contribution in [2.75, 3.05) is 0 Å². The number of hydrogen-bond acceptors (Lipinski definition) is 5. The van der Waals surface area contributed by atoms with Crippen LogP contribution in [0, 0.1) is 17.0 Å². The molecule has 0 spiro atoms. The van der Waals surface area contributed by atoms with E-state index in [1.807, 2.05) is 11.4 Å². The lowest BCUT2D eigenvalue weighted by Gasteiger charge is -2.14. The molecule has 0 radical (unpaired) electrons. The van der Waals surface area contributed by atoms with Crippen LogP contribution in [-0.2, 0) is 6.54 Å². The van der Waals surface area contributed by atoms with Gasteiger partial charge in [-0.05, 0) is 18.9 Å². The van der Waals surface area contributed by atoms with E-state index in [0.29, 0.717) is 12.1 Å². The van der Waals surface area contributed by atoms with Crippen LogP contribution < -0.4 is 5.32 Å². The summed E-state index contributed by atoms with van der Waals surface area (Å²) in [5.74, 6) is 0. The standard InChI is InChI=1S/C14H17N3O2S/c1-3-12(14-15-6-7-20-14)16-9-11-5-4-10(2)13(8-11)17(18)19/h4-8,12,16H,3,9H2,1-2H3. The van der Waals surface area contributed by atoms with Crippen molar-refractivity contribution in [2.45, 2.75) is 32.9 Å². The zero-order chi connectivity index (χ0) is 14.5. The van der Waals surface area contributed by atoms with Gasteiger partial charge in [0.15, 0.2) is 0 Å². The van der Waals surface area contributed by atoms with Gasteiger partial charge in [-0.3, -0.25) is 10.1 Å².